The lowest BCUT2D eigenvalue weighted by atomic mass is 9.88. The first-order chi connectivity index (χ1) is 7.72. The highest BCUT2D eigenvalue weighted by atomic mass is 16.2. The lowest BCUT2D eigenvalue weighted by Crippen LogP contribution is -2.47. The molecule has 92 valence electrons. The maximum Gasteiger partial charge on any atom is 0.317 e. The highest BCUT2D eigenvalue weighted by molar-refractivity contribution is 5.74. The predicted molar refractivity (Wildman–Crippen MR) is 64.4 cm³/mol. The second-order valence-corrected chi connectivity index (χ2v) is 5.10. The molecular formula is C12H23N3O. The number of amides is 2. The van der Waals surface area contributed by atoms with Gasteiger partial charge < -0.3 is 15.1 Å². The summed E-state index contributed by atoms with van der Waals surface area (Å²) in [7, 11) is 3.91. The molecule has 0 aromatic rings. The number of carbonyl (C=O) groups excluding carboxylic acids is 1. The molecule has 4 heteroatoms. The monoisotopic (exact) mass is 225 g/mol. The van der Waals surface area contributed by atoms with Gasteiger partial charge in [-0.15, -0.1) is 0 Å². The summed E-state index contributed by atoms with van der Waals surface area (Å²) in [5.74, 6) is 0.719. The summed E-state index contributed by atoms with van der Waals surface area (Å²) in [4.78, 5) is 16.2. The molecule has 16 heavy (non-hydrogen) atoms. The molecule has 1 atom stereocenters. The van der Waals surface area contributed by atoms with Crippen molar-refractivity contribution in [2.45, 2.75) is 31.7 Å². The zero-order chi connectivity index (χ0) is 11.5. The molecule has 0 bridgehead atoms. The van der Waals surface area contributed by atoms with Gasteiger partial charge in [-0.2, -0.15) is 0 Å². The van der Waals surface area contributed by atoms with E-state index in [2.05, 4.69) is 22.2 Å². The summed E-state index contributed by atoms with van der Waals surface area (Å²) in [6.45, 7) is 3.31. The first kappa shape index (κ1) is 11.7. The normalized spacial score (nSPS) is 28.4. The van der Waals surface area contributed by atoms with E-state index in [0.29, 0.717) is 6.04 Å². The molecule has 2 aliphatic heterocycles. The van der Waals surface area contributed by atoms with E-state index in [0.717, 1.165) is 12.5 Å². The van der Waals surface area contributed by atoms with E-state index in [1.807, 2.05) is 0 Å². The third-order valence-corrected chi connectivity index (χ3v) is 4.08. The second kappa shape index (κ2) is 5.04. The van der Waals surface area contributed by atoms with E-state index in [4.69, 9.17) is 0 Å². The van der Waals surface area contributed by atoms with Gasteiger partial charge in [0, 0.05) is 19.6 Å². The molecule has 2 fully saturated rings. The third-order valence-electron chi connectivity index (χ3n) is 4.08. The van der Waals surface area contributed by atoms with E-state index < -0.39 is 0 Å². The van der Waals surface area contributed by atoms with Gasteiger partial charge in [0.25, 0.3) is 0 Å². The van der Waals surface area contributed by atoms with Crippen LogP contribution in [0, 0.1) is 5.92 Å². The van der Waals surface area contributed by atoms with Crippen molar-refractivity contribution in [3.63, 3.8) is 0 Å². The smallest absolute Gasteiger partial charge is 0.317 e. The van der Waals surface area contributed by atoms with Gasteiger partial charge in [0.05, 0.1) is 0 Å². The zero-order valence-corrected chi connectivity index (χ0v) is 10.4. The van der Waals surface area contributed by atoms with E-state index in [1.165, 1.54) is 38.8 Å². The van der Waals surface area contributed by atoms with Gasteiger partial charge in [0.1, 0.15) is 0 Å². The number of hydrogen-bond donors (Lipinski definition) is 1. The quantitative estimate of drug-likeness (QED) is 0.726. The van der Waals surface area contributed by atoms with E-state index in [1.54, 1.807) is 7.05 Å². The fourth-order valence-corrected chi connectivity index (χ4v) is 3.09. The van der Waals surface area contributed by atoms with Crippen LogP contribution in [0.15, 0.2) is 0 Å². The molecule has 0 saturated carbocycles. The highest BCUT2D eigenvalue weighted by Gasteiger charge is 2.35. The van der Waals surface area contributed by atoms with Crippen molar-refractivity contribution >= 4 is 6.03 Å². The first-order valence-electron chi connectivity index (χ1n) is 6.39. The minimum atomic E-state index is 0.112. The largest absolute Gasteiger partial charge is 0.341 e. The van der Waals surface area contributed by atoms with Crippen molar-refractivity contribution in [3.05, 3.63) is 0 Å². The molecule has 0 aromatic heterocycles. The Kier molecular flexibility index (Phi) is 3.69. The maximum atomic E-state index is 11.7. The number of rotatable bonds is 1. The minimum Gasteiger partial charge on any atom is -0.341 e. The Labute approximate surface area is 98.0 Å². The topological polar surface area (TPSA) is 35.6 Å². The summed E-state index contributed by atoms with van der Waals surface area (Å²) in [6, 6.07) is 0.607. The van der Waals surface area contributed by atoms with Crippen LogP contribution in [0.25, 0.3) is 0 Å². The van der Waals surface area contributed by atoms with Crippen LogP contribution in [0.5, 0.6) is 0 Å². The number of carbonyl (C=O) groups is 1. The molecule has 0 radical (unpaired) electrons. The molecule has 4 nitrogen and oxygen atoms in total. The minimum absolute atomic E-state index is 0.112. The van der Waals surface area contributed by atoms with Crippen LogP contribution in [0.1, 0.15) is 25.7 Å². The average molecular weight is 225 g/mol. The van der Waals surface area contributed by atoms with Crippen molar-refractivity contribution in [1.29, 1.82) is 0 Å². The Hall–Kier alpha value is -0.770. The van der Waals surface area contributed by atoms with Gasteiger partial charge in [0.15, 0.2) is 0 Å². The summed E-state index contributed by atoms with van der Waals surface area (Å²) >= 11 is 0. The van der Waals surface area contributed by atoms with Gasteiger partial charge in [-0.1, -0.05) is 0 Å². The molecule has 0 unspecified atom stereocenters. The number of piperidine rings is 1. The van der Waals surface area contributed by atoms with Crippen LogP contribution in [0.4, 0.5) is 4.79 Å². The number of nitrogens with zero attached hydrogens (tertiary/aromatic N) is 2. The fraction of sp³-hybridized carbons (Fsp3) is 0.917. The fourth-order valence-electron chi connectivity index (χ4n) is 3.09. The third kappa shape index (κ3) is 2.32. The Bertz CT molecular complexity index is 249. The van der Waals surface area contributed by atoms with Crippen LogP contribution in [0.2, 0.25) is 0 Å². The van der Waals surface area contributed by atoms with Crippen molar-refractivity contribution in [3.8, 4) is 0 Å². The van der Waals surface area contributed by atoms with E-state index in [-0.39, 0.29) is 6.03 Å². The number of hydrogen-bond acceptors (Lipinski definition) is 2. The standard InChI is InChI=1S/C12H23N3O/c1-13-12(16)15-7-3-4-11(15)10-5-8-14(2)9-6-10/h10-11H,3-9H2,1-2H3,(H,13,16)/t11-/m1/s1. The van der Waals surface area contributed by atoms with Crippen molar-refractivity contribution < 1.29 is 4.79 Å². The molecule has 2 amide bonds. The molecule has 0 aliphatic carbocycles. The number of likely N-dealkylation sites (tertiary alicyclic amines) is 2. The SMILES string of the molecule is CNC(=O)N1CCC[C@@H]1C1CCN(C)CC1. The number of urea groups is 1. The van der Waals surface area contributed by atoms with Gasteiger partial charge in [-0.3, -0.25) is 0 Å². The lowest BCUT2D eigenvalue weighted by molar-refractivity contribution is 0.133. The van der Waals surface area contributed by atoms with Crippen LogP contribution >= 0.6 is 0 Å². The second-order valence-electron chi connectivity index (χ2n) is 5.10. The van der Waals surface area contributed by atoms with Crippen molar-refractivity contribution in [1.82, 2.24) is 15.1 Å². The van der Waals surface area contributed by atoms with E-state index in [9.17, 15) is 4.79 Å². The maximum absolute atomic E-state index is 11.7. The predicted octanol–water partition coefficient (Wildman–Crippen LogP) is 1.13. The lowest BCUT2D eigenvalue weighted by Gasteiger charge is -2.36. The molecule has 2 heterocycles. The number of nitrogens with one attached hydrogen (secondary N) is 1. The Morgan fingerprint density at radius 1 is 1.19 bits per heavy atom. The molecule has 0 spiro atoms. The first-order valence-corrected chi connectivity index (χ1v) is 6.39. The summed E-state index contributed by atoms with van der Waals surface area (Å²) in [5.41, 5.74) is 0. The average Bonchev–Trinajstić information content (AvgIpc) is 2.78. The van der Waals surface area contributed by atoms with Crippen LogP contribution in [0.3, 0.4) is 0 Å². The van der Waals surface area contributed by atoms with Crippen molar-refractivity contribution in [2.24, 2.45) is 5.92 Å². The Morgan fingerprint density at radius 2 is 1.88 bits per heavy atom. The molecule has 2 saturated heterocycles. The van der Waals surface area contributed by atoms with Gasteiger partial charge in [-0.25, -0.2) is 4.79 Å². The molecule has 2 rings (SSSR count). The van der Waals surface area contributed by atoms with Crippen LogP contribution < -0.4 is 5.32 Å². The molecular weight excluding hydrogens is 202 g/mol. The Balaban J connectivity index is 1.94. The van der Waals surface area contributed by atoms with E-state index >= 15 is 0 Å². The molecule has 2 aliphatic rings. The van der Waals surface area contributed by atoms with Crippen molar-refractivity contribution in [2.75, 3.05) is 33.7 Å². The van der Waals surface area contributed by atoms with Gasteiger partial charge in [0.2, 0.25) is 0 Å². The highest BCUT2D eigenvalue weighted by Crippen LogP contribution is 2.30. The summed E-state index contributed by atoms with van der Waals surface area (Å²) in [6.07, 6.45) is 4.86. The van der Waals surface area contributed by atoms with Crippen LogP contribution in [-0.4, -0.2) is 55.6 Å². The zero-order valence-electron chi connectivity index (χ0n) is 10.4. The van der Waals surface area contributed by atoms with Gasteiger partial charge >= 0.3 is 6.03 Å². The Morgan fingerprint density at radius 3 is 2.50 bits per heavy atom. The molecule has 1 N–H and O–H groups in total. The summed E-state index contributed by atoms with van der Waals surface area (Å²) in [5, 5.41) is 2.76. The van der Waals surface area contributed by atoms with Gasteiger partial charge in [-0.05, 0) is 51.7 Å². The molecule has 0 aromatic carbocycles. The van der Waals surface area contributed by atoms with Crippen LogP contribution in [-0.2, 0) is 0 Å². The summed E-state index contributed by atoms with van der Waals surface area (Å²) < 4.78 is 0.